The van der Waals surface area contributed by atoms with Crippen molar-refractivity contribution in [1.82, 2.24) is 0 Å². The van der Waals surface area contributed by atoms with Crippen LogP contribution < -0.4 is 0 Å². The Morgan fingerprint density at radius 2 is 2.12 bits per heavy atom. The predicted molar refractivity (Wildman–Crippen MR) is 50.8 cm³/mol. The summed E-state index contributed by atoms with van der Waals surface area (Å²) in [5.74, 6) is -0.856. The molecule has 0 bridgehead atoms. The highest BCUT2D eigenvalue weighted by Crippen LogP contribution is 2.39. The summed E-state index contributed by atoms with van der Waals surface area (Å²) in [6.45, 7) is 3.38. The third-order valence-electron chi connectivity index (χ3n) is 2.59. The van der Waals surface area contributed by atoms with Crippen LogP contribution in [-0.4, -0.2) is 35.5 Å². The van der Waals surface area contributed by atoms with E-state index in [-0.39, 0.29) is 6.42 Å². The number of nitriles is 1. The van der Waals surface area contributed by atoms with E-state index in [1.807, 2.05) is 6.07 Å². The lowest BCUT2D eigenvalue weighted by Gasteiger charge is -2.22. The molecule has 0 radical (unpaired) electrons. The fraction of sp³-hybridized carbons (Fsp3) is 0.889. The molecule has 2 fully saturated rings. The van der Waals surface area contributed by atoms with E-state index >= 15 is 0 Å². The largest absolute Gasteiger partial charge is 0.343 e. The summed E-state index contributed by atoms with van der Waals surface area (Å²) in [6.07, 6.45) is -2.85. The highest BCUT2D eigenvalue weighted by atomic mass is 17.0. The lowest BCUT2D eigenvalue weighted by Crippen LogP contribution is -2.33. The van der Waals surface area contributed by atoms with Crippen LogP contribution in [0.15, 0.2) is 0 Å². The first kappa shape index (κ1) is 12.0. The highest BCUT2D eigenvalue weighted by Gasteiger charge is 2.56. The lowest BCUT2D eigenvalue weighted by molar-refractivity contribution is -0.781. The molecule has 1 unspecified atom stereocenters. The summed E-state index contributed by atoms with van der Waals surface area (Å²) < 4.78 is 16.3. The number of fused-ring (bicyclic) bond motifs is 1. The first-order chi connectivity index (χ1) is 7.93. The van der Waals surface area contributed by atoms with Crippen LogP contribution in [0, 0.1) is 21.4 Å². The van der Waals surface area contributed by atoms with Crippen molar-refractivity contribution in [2.75, 3.05) is 0 Å². The minimum atomic E-state index is -1.14. The molecule has 0 amide bonds. The van der Waals surface area contributed by atoms with Crippen molar-refractivity contribution in [3.63, 3.8) is 0 Å². The van der Waals surface area contributed by atoms with Crippen molar-refractivity contribution in [3.05, 3.63) is 10.1 Å². The van der Waals surface area contributed by atoms with Gasteiger partial charge < -0.3 is 14.2 Å². The van der Waals surface area contributed by atoms with E-state index < -0.39 is 35.5 Å². The Kier molecular flexibility index (Phi) is 2.91. The van der Waals surface area contributed by atoms with Gasteiger partial charge in [-0.2, -0.15) is 5.26 Å². The van der Waals surface area contributed by atoms with Gasteiger partial charge in [-0.15, -0.1) is 10.1 Å². The monoisotopic (exact) mass is 244 g/mol. The standard InChI is InChI=1S/C9H12N2O6/c1-9(2)15-6-5(3-4-10)14-8(7(6)16-9)17-11(12)13/h5-8H,3H2,1-2H3/t5-,6-,7-,8?/m1/s1. The SMILES string of the molecule is CC1(C)O[C@@H]2[C@@H](CC#N)OC(O[N+](=O)[O-])[C@@H]2O1. The second kappa shape index (κ2) is 4.10. The fourth-order valence-corrected chi connectivity index (χ4v) is 2.07. The first-order valence-corrected chi connectivity index (χ1v) is 5.12. The molecular weight excluding hydrogens is 232 g/mol. The lowest BCUT2D eigenvalue weighted by atomic mass is 10.1. The van der Waals surface area contributed by atoms with Crippen molar-refractivity contribution in [2.45, 2.75) is 50.7 Å². The number of hydrogen-bond acceptors (Lipinski definition) is 7. The Hall–Kier alpha value is -1.43. The normalized spacial score (nSPS) is 38.4. The zero-order valence-electron chi connectivity index (χ0n) is 9.36. The second-order valence-corrected chi connectivity index (χ2v) is 4.30. The van der Waals surface area contributed by atoms with E-state index in [9.17, 15) is 10.1 Å². The summed E-state index contributed by atoms with van der Waals surface area (Å²) in [4.78, 5) is 14.7. The molecule has 2 heterocycles. The molecule has 0 saturated carbocycles. The molecule has 17 heavy (non-hydrogen) atoms. The molecule has 0 spiro atoms. The van der Waals surface area contributed by atoms with Crippen molar-refractivity contribution < 1.29 is 24.1 Å². The average molecular weight is 244 g/mol. The predicted octanol–water partition coefficient (Wildman–Crippen LogP) is 0.353. The molecule has 0 aromatic heterocycles. The van der Waals surface area contributed by atoms with Crippen LogP contribution in [0.1, 0.15) is 20.3 Å². The number of ether oxygens (including phenoxy) is 3. The minimum absolute atomic E-state index is 0.0676. The van der Waals surface area contributed by atoms with E-state index in [1.54, 1.807) is 13.8 Å². The van der Waals surface area contributed by atoms with Crippen molar-refractivity contribution in [2.24, 2.45) is 0 Å². The maximum atomic E-state index is 10.3. The molecular formula is C9H12N2O6. The summed E-state index contributed by atoms with van der Waals surface area (Å²) in [5, 5.41) is 18.0. The Morgan fingerprint density at radius 1 is 1.47 bits per heavy atom. The molecule has 0 aromatic rings. The summed E-state index contributed by atoms with van der Waals surface area (Å²) in [5.41, 5.74) is 0. The van der Waals surface area contributed by atoms with Crippen LogP contribution in [0.25, 0.3) is 0 Å². The third-order valence-corrected chi connectivity index (χ3v) is 2.59. The van der Waals surface area contributed by atoms with E-state index in [1.165, 1.54) is 0 Å². The van der Waals surface area contributed by atoms with Gasteiger partial charge in [-0.05, 0) is 13.8 Å². The number of hydrogen-bond donors (Lipinski definition) is 0. The summed E-state index contributed by atoms with van der Waals surface area (Å²) in [6, 6.07) is 1.94. The number of rotatable bonds is 3. The highest BCUT2D eigenvalue weighted by molar-refractivity contribution is 4.97. The second-order valence-electron chi connectivity index (χ2n) is 4.30. The van der Waals surface area contributed by atoms with Crippen LogP contribution in [-0.2, 0) is 19.0 Å². The molecule has 4 atom stereocenters. The van der Waals surface area contributed by atoms with Crippen molar-refractivity contribution >= 4 is 0 Å². The van der Waals surface area contributed by atoms with Gasteiger partial charge in [-0.1, -0.05) is 0 Å². The fourth-order valence-electron chi connectivity index (χ4n) is 2.07. The Morgan fingerprint density at radius 3 is 2.71 bits per heavy atom. The van der Waals surface area contributed by atoms with E-state index in [0.717, 1.165) is 0 Å². The maximum Gasteiger partial charge on any atom is 0.297 e. The zero-order valence-corrected chi connectivity index (χ0v) is 9.36. The molecule has 0 aromatic carbocycles. The van der Waals surface area contributed by atoms with Crippen molar-refractivity contribution in [1.29, 1.82) is 5.26 Å². The molecule has 8 nitrogen and oxygen atoms in total. The Bertz CT molecular complexity index is 365. The first-order valence-electron chi connectivity index (χ1n) is 5.12. The summed E-state index contributed by atoms with van der Waals surface area (Å²) in [7, 11) is 0. The maximum absolute atomic E-state index is 10.3. The zero-order chi connectivity index (χ0) is 12.6. The van der Waals surface area contributed by atoms with Crippen molar-refractivity contribution in [3.8, 4) is 6.07 Å². The van der Waals surface area contributed by atoms with Gasteiger partial charge in [0.25, 0.3) is 5.09 Å². The topological polar surface area (TPSA) is 104 Å². The van der Waals surface area contributed by atoms with Gasteiger partial charge in [0, 0.05) is 0 Å². The van der Waals surface area contributed by atoms with Gasteiger partial charge in [0.1, 0.15) is 18.3 Å². The molecule has 0 N–H and O–H groups in total. The van der Waals surface area contributed by atoms with Gasteiger partial charge in [0.05, 0.1) is 12.5 Å². The molecule has 2 rings (SSSR count). The molecule has 2 aliphatic heterocycles. The van der Waals surface area contributed by atoms with Crippen LogP contribution >= 0.6 is 0 Å². The summed E-state index contributed by atoms with van der Waals surface area (Å²) >= 11 is 0. The van der Waals surface area contributed by atoms with Crippen LogP contribution in [0.4, 0.5) is 0 Å². The van der Waals surface area contributed by atoms with Crippen LogP contribution in [0.2, 0.25) is 0 Å². The minimum Gasteiger partial charge on any atom is -0.343 e. The molecule has 94 valence electrons. The van der Waals surface area contributed by atoms with E-state index in [4.69, 9.17) is 19.5 Å². The molecule has 8 heteroatoms. The van der Waals surface area contributed by atoms with Gasteiger partial charge in [-0.3, -0.25) is 4.84 Å². The quantitative estimate of drug-likeness (QED) is 0.521. The molecule has 2 saturated heterocycles. The van der Waals surface area contributed by atoms with Gasteiger partial charge in [0.2, 0.25) is 6.29 Å². The average Bonchev–Trinajstić information content (AvgIpc) is 2.63. The van der Waals surface area contributed by atoms with Gasteiger partial charge >= 0.3 is 0 Å². The van der Waals surface area contributed by atoms with Gasteiger partial charge in [0.15, 0.2) is 5.79 Å². The smallest absolute Gasteiger partial charge is 0.297 e. The van der Waals surface area contributed by atoms with E-state index in [0.29, 0.717) is 0 Å². The van der Waals surface area contributed by atoms with Crippen LogP contribution in [0.3, 0.4) is 0 Å². The molecule has 2 aliphatic rings. The Balaban J connectivity index is 2.12. The van der Waals surface area contributed by atoms with Gasteiger partial charge in [-0.25, -0.2) is 0 Å². The third kappa shape index (κ3) is 2.31. The van der Waals surface area contributed by atoms with Crippen LogP contribution in [0.5, 0.6) is 0 Å². The Labute approximate surface area is 97.1 Å². The van der Waals surface area contributed by atoms with E-state index in [2.05, 4.69) is 4.84 Å². The number of nitrogens with zero attached hydrogens (tertiary/aromatic N) is 2. The molecule has 0 aliphatic carbocycles.